The molecular formula is C22H31N3O4. The fraction of sp³-hybridized carbons (Fsp3) is 0.500. The van der Waals surface area contributed by atoms with E-state index in [4.69, 9.17) is 4.74 Å². The van der Waals surface area contributed by atoms with Crippen molar-refractivity contribution in [3.05, 3.63) is 42.0 Å². The highest BCUT2D eigenvalue weighted by Crippen LogP contribution is 2.18. The van der Waals surface area contributed by atoms with Gasteiger partial charge in [-0.15, -0.1) is 0 Å². The van der Waals surface area contributed by atoms with Crippen molar-refractivity contribution in [2.75, 3.05) is 33.4 Å². The summed E-state index contributed by atoms with van der Waals surface area (Å²) in [7, 11) is 1.64. The van der Waals surface area contributed by atoms with Crippen LogP contribution >= 0.6 is 0 Å². The zero-order valence-electron chi connectivity index (χ0n) is 17.2. The molecule has 2 rings (SSSR count). The van der Waals surface area contributed by atoms with Crippen molar-refractivity contribution >= 4 is 23.8 Å². The summed E-state index contributed by atoms with van der Waals surface area (Å²) in [5, 5.41) is 5.63. The molecule has 1 aliphatic heterocycles. The van der Waals surface area contributed by atoms with Gasteiger partial charge in [-0.3, -0.25) is 14.4 Å². The topological polar surface area (TPSA) is 87.7 Å². The Morgan fingerprint density at radius 1 is 1.21 bits per heavy atom. The monoisotopic (exact) mass is 401 g/mol. The number of carbonyl (C=O) groups is 3. The average molecular weight is 402 g/mol. The van der Waals surface area contributed by atoms with Gasteiger partial charge in [-0.2, -0.15) is 0 Å². The molecule has 0 radical (unpaired) electrons. The van der Waals surface area contributed by atoms with Crippen LogP contribution in [-0.4, -0.2) is 62.0 Å². The molecule has 1 heterocycles. The van der Waals surface area contributed by atoms with Gasteiger partial charge in [0.1, 0.15) is 6.04 Å². The Morgan fingerprint density at radius 3 is 2.55 bits per heavy atom. The van der Waals surface area contributed by atoms with Crippen LogP contribution in [0.4, 0.5) is 0 Å². The predicted octanol–water partition coefficient (Wildman–Crippen LogP) is 1.60. The first-order valence-corrected chi connectivity index (χ1v) is 10.1. The first-order valence-electron chi connectivity index (χ1n) is 10.1. The summed E-state index contributed by atoms with van der Waals surface area (Å²) in [5.41, 5.74) is 0.921. The van der Waals surface area contributed by atoms with E-state index in [9.17, 15) is 14.4 Å². The van der Waals surface area contributed by atoms with Crippen LogP contribution in [0.15, 0.2) is 36.4 Å². The van der Waals surface area contributed by atoms with Gasteiger partial charge in [0, 0.05) is 45.3 Å². The zero-order chi connectivity index (χ0) is 21.1. The maximum atomic E-state index is 12.6. The molecule has 0 spiro atoms. The van der Waals surface area contributed by atoms with Crippen molar-refractivity contribution < 1.29 is 19.1 Å². The van der Waals surface area contributed by atoms with Gasteiger partial charge in [0.2, 0.25) is 17.7 Å². The van der Waals surface area contributed by atoms with Crippen molar-refractivity contribution in [2.45, 2.75) is 32.2 Å². The van der Waals surface area contributed by atoms with Crippen LogP contribution in [0.2, 0.25) is 0 Å². The molecule has 2 N–H and O–H groups in total. The average Bonchev–Trinajstić information content (AvgIpc) is 2.75. The van der Waals surface area contributed by atoms with E-state index in [1.54, 1.807) is 25.0 Å². The molecular weight excluding hydrogens is 370 g/mol. The number of nitrogens with one attached hydrogen (secondary N) is 2. The molecule has 1 atom stereocenters. The molecule has 1 aliphatic rings. The number of amides is 3. The lowest BCUT2D eigenvalue weighted by Crippen LogP contribution is -2.50. The standard InChI is InChI=1S/C22H31N3O4/c1-17(24-20(26)10-9-18-7-4-3-5-8-18)22(28)25-14-11-19(12-15-25)21(27)23-13-6-16-29-2/h3-5,7-10,17,19H,6,11-16H2,1-2H3,(H,23,27)(H,24,26)/b10-9+. The molecule has 0 aliphatic carbocycles. The molecule has 1 aromatic carbocycles. The smallest absolute Gasteiger partial charge is 0.244 e. The lowest BCUT2D eigenvalue weighted by atomic mass is 9.95. The summed E-state index contributed by atoms with van der Waals surface area (Å²) in [4.78, 5) is 38.6. The Labute approximate surface area is 172 Å². The highest BCUT2D eigenvalue weighted by molar-refractivity contribution is 5.95. The van der Waals surface area contributed by atoms with E-state index >= 15 is 0 Å². The number of nitrogens with zero attached hydrogens (tertiary/aromatic N) is 1. The van der Waals surface area contributed by atoms with E-state index < -0.39 is 6.04 Å². The van der Waals surface area contributed by atoms with Crippen molar-refractivity contribution in [2.24, 2.45) is 5.92 Å². The van der Waals surface area contributed by atoms with Crippen LogP contribution in [0.1, 0.15) is 31.7 Å². The predicted molar refractivity (Wildman–Crippen MR) is 112 cm³/mol. The molecule has 158 valence electrons. The number of rotatable bonds is 9. The third kappa shape index (κ3) is 7.69. The van der Waals surface area contributed by atoms with Crippen molar-refractivity contribution in [3.8, 4) is 0 Å². The molecule has 7 heteroatoms. The van der Waals surface area contributed by atoms with E-state index in [2.05, 4.69) is 10.6 Å². The minimum Gasteiger partial charge on any atom is -0.385 e. The number of hydrogen-bond donors (Lipinski definition) is 2. The van der Waals surface area contributed by atoms with Crippen LogP contribution < -0.4 is 10.6 Å². The van der Waals surface area contributed by atoms with Gasteiger partial charge < -0.3 is 20.3 Å². The van der Waals surface area contributed by atoms with Crippen LogP contribution in [0.5, 0.6) is 0 Å². The highest BCUT2D eigenvalue weighted by Gasteiger charge is 2.29. The van der Waals surface area contributed by atoms with E-state index in [-0.39, 0.29) is 23.6 Å². The van der Waals surface area contributed by atoms with Gasteiger partial charge in [-0.05, 0) is 37.8 Å². The van der Waals surface area contributed by atoms with E-state index in [0.29, 0.717) is 39.1 Å². The molecule has 7 nitrogen and oxygen atoms in total. The van der Waals surface area contributed by atoms with Gasteiger partial charge in [0.15, 0.2) is 0 Å². The van der Waals surface area contributed by atoms with E-state index in [1.807, 2.05) is 30.3 Å². The molecule has 3 amide bonds. The van der Waals surface area contributed by atoms with Crippen LogP contribution in [0.3, 0.4) is 0 Å². The normalized spacial score (nSPS) is 15.9. The number of methoxy groups -OCH3 is 1. The second-order valence-corrected chi connectivity index (χ2v) is 7.21. The molecule has 1 saturated heterocycles. The maximum absolute atomic E-state index is 12.6. The summed E-state index contributed by atoms with van der Waals surface area (Å²) >= 11 is 0. The highest BCUT2D eigenvalue weighted by atomic mass is 16.5. The number of piperidine rings is 1. The molecule has 29 heavy (non-hydrogen) atoms. The second kappa shape index (κ2) is 12.0. The lowest BCUT2D eigenvalue weighted by Gasteiger charge is -2.33. The SMILES string of the molecule is COCCCNC(=O)C1CCN(C(=O)C(C)NC(=O)/C=C/c2ccccc2)CC1. The molecule has 1 fully saturated rings. The summed E-state index contributed by atoms with van der Waals surface area (Å²) < 4.78 is 4.97. The summed E-state index contributed by atoms with van der Waals surface area (Å²) in [6.45, 7) is 3.96. The number of likely N-dealkylation sites (tertiary alicyclic amines) is 1. The first kappa shape index (κ1) is 22.6. The number of benzene rings is 1. The van der Waals surface area contributed by atoms with Gasteiger partial charge in [-0.1, -0.05) is 30.3 Å². The Balaban J connectivity index is 1.73. The van der Waals surface area contributed by atoms with Crippen molar-refractivity contribution in [3.63, 3.8) is 0 Å². The summed E-state index contributed by atoms with van der Waals surface area (Å²) in [5.74, 6) is -0.452. The first-order chi connectivity index (χ1) is 14.0. The fourth-order valence-corrected chi connectivity index (χ4v) is 3.27. The third-order valence-corrected chi connectivity index (χ3v) is 4.96. The van der Waals surface area contributed by atoms with Gasteiger partial charge in [-0.25, -0.2) is 0 Å². The minimum absolute atomic E-state index is 0.0422. The van der Waals surface area contributed by atoms with Gasteiger partial charge >= 0.3 is 0 Å². The van der Waals surface area contributed by atoms with Gasteiger partial charge in [0.25, 0.3) is 0 Å². The van der Waals surface area contributed by atoms with Crippen LogP contribution in [0, 0.1) is 5.92 Å². The Hall–Kier alpha value is -2.67. The number of carbonyl (C=O) groups excluding carboxylic acids is 3. The Morgan fingerprint density at radius 2 is 1.90 bits per heavy atom. The molecule has 0 aromatic heterocycles. The number of hydrogen-bond acceptors (Lipinski definition) is 4. The summed E-state index contributed by atoms with van der Waals surface area (Å²) in [6.07, 6.45) is 5.20. The van der Waals surface area contributed by atoms with Crippen LogP contribution in [-0.2, 0) is 19.1 Å². The lowest BCUT2D eigenvalue weighted by molar-refractivity contribution is -0.138. The fourth-order valence-electron chi connectivity index (χ4n) is 3.27. The summed E-state index contributed by atoms with van der Waals surface area (Å²) in [6, 6.07) is 8.89. The van der Waals surface area contributed by atoms with E-state index in [0.717, 1.165) is 12.0 Å². The Bertz CT molecular complexity index is 697. The number of ether oxygens (including phenoxy) is 1. The zero-order valence-corrected chi connectivity index (χ0v) is 17.2. The third-order valence-electron chi connectivity index (χ3n) is 4.96. The molecule has 0 bridgehead atoms. The Kier molecular flexibility index (Phi) is 9.37. The largest absolute Gasteiger partial charge is 0.385 e. The maximum Gasteiger partial charge on any atom is 0.244 e. The van der Waals surface area contributed by atoms with Crippen molar-refractivity contribution in [1.82, 2.24) is 15.5 Å². The second-order valence-electron chi connectivity index (χ2n) is 7.21. The molecule has 1 unspecified atom stereocenters. The van der Waals surface area contributed by atoms with Crippen molar-refractivity contribution in [1.29, 1.82) is 0 Å². The van der Waals surface area contributed by atoms with Crippen LogP contribution in [0.25, 0.3) is 6.08 Å². The minimum atomic E-state index is -0.609. The molecule has 0 saturated carbocycles. The quantitative estimate of drug-likeness (QED) is 0.486. The van der Waals surface area contributed by atoms with Gasteiger partial charge in [0.05, 0.1) is 0 Å². The van der Waals surface area contributed by atoms with E-state index in [1.165, 1.54) is 6.08 Å². The molecule has 1 aromatic rings.